The minimum Gasteiger partial charge on any atom is -0.462 e. The molecule has 1 heterocycles. The van der Waals surface area contributed by atoms with Gasteiger partial charge in [0.1, 0.15) is 18.3 Å². The molecule has 6 heteroatoms. The monoisotopic (exact) mass is 406 g/mol. The summed E-state index contributed by atoms with van der Waals surface area (Å²) in [6, 6.07) is 0. The first-order valence-corrected chi connectivity index (χ1v) is 11.4. The highest BCUT2D eigenvalue weighted by Crippen LogP contribution is 2.59. The van der Waals surface area contributed by atoms with Crippen LogP contribution in [0, 0.1) is 35.5 Å². The summed E-state index contributed by atoms with van der Waals surface area (Å²) in [5.41, 5.74) is -0.344. The first kappa shape index (κ1) is 20.7. The van der Waals surface area contributed by atoms with Gasteiger partial charge >= 0.3 is 17.9 Å². The van der Waals surface area contributed by atoms with Gasteiger partial charge in [-0.05, 0) is 75.5 Å². The second-order valence-corrected chi connectivity index (χ2v) is 10.1. The smallest absolute Gasteiger partial charge is 0.309 e. The summed E-state index contributed by atoms with van der Waals surface area (Å²) in [6.45, 7) is 6.02. The lowest BCUT2D eigenvalue weighted by Gasteiger charge is -2.59. The van der Waals surface area contributed by atoms with E-state index in [1.807, 2.05) is 6.92 Å². The van der Waals surface area contributed by atoms with Gasteiger partial charge in [0.15, 0.2) is 0 Å². The second-order valence-electron chi connectivity index (χ2n) is 10.1. The summed E-state index contributed by atoms with van der Waals surface area (Å²) in [6.07, 6.45) is 6.79. The number of carbonyl (C=O) groups is 3. The summed E-state index contributed by atoms with van der Waals surface area (Å²) in [4.78, 5) is 36.6. The number of hydrogen-bond acceptors (Lipinski definition) is 6. The van der Waals surface area contributed by atoms with Crippen molar-refractivity contribution in [2.75, 3.05) is 6.61 Å². The third-order valence-corrected chi connectivity index (χ3v) is 8.05. The highest BCUT2D eigenvalue weighted by molar-refractivity contribution is 5.77. The molecule has 162 valence electrons. The summed E-state index contributed by atoms with van der Waals surface area (Å²) >= 11 is 0. The van der Waals surface area contributed by atoms with Crippen LogP contribution in [0.5, 0.6) is 0 Å². The summed E-state index contributed by atoms with van der Waals surface area (Å²) in [5, 5.41) is 0. The van der Waals surface area contributed by atoms with Crippen molar-refractivity contribution in [2.45, 2.75) is 83.8 Å². The molecule has 3 atom stereocenters. The molecule has 0 N–H and O–H groups in total. The molecular weight excluding hydrogens is 372 g/mol. The molecule has 0 amide bonds. The predicted molar refractivity (Wildman–Crippen MR) is 105 cm³/mol. The van der Waals surface area contributed by atoms with Gasteiger partial charge < -0.3 is 14.2 Å². The van der Waals surface area contributed by atoms with E-state index in [-0.39, 0.29) is 42.5 Å². The summed E-state index contributed by atoms with van der Waals surface area (Å²) in [5.74, 6) is 1.02. The molecule has 4 bridgehead atoms. The lowest BCUT2D eigenvalue weighted by molar-refractivity contribution is -0.207. The van der Waals surface area contributed by atoms with Crippen molar-refractivity contribution in [3.63, 3.8) is 0 Å². The average Bonchev–Trinajstić information content (AvgIpc) is 3.08. The van der Waals surface area contributed by atoms with Gasteiger partial charge in [-0.1, -0.05) is 13.8 Å². The van der Waals surface area contributed by atoms with Crippen molar-refractivity contribution in [2.24, 2.45) is 35.5 Å². The Morgan fingerprint density at radius 3 is 2.24 bits per heavy atom. The Morgan fingerprint density at radius 2 is 1.72 bits per heavy atom. The summed E-state index contributed by atoms with van der Waals surface area (Å²) < 4.78 is 16.5. The fourth-order valence-electron chi connectivity index (χ4n) is 6.39. The number of ether oxygens (including phenoxy) is 3. The highest BCUT2D eigenvalue weighted by atomic mass is 16.6. The predicted octanol–water partition coefficient (Wildman–Crippen LogP) is 3.66. The van der Waals surface area contributed by atoms with Crippen LogP contribution in [0.2, 0.25) is 0 Å². The van der Waals surface area contributed by atoms with Crippen LogP contribution in [0.4, 0.5) is 0 Å². The Morgan fingerprint density at radius 1 is 1.10 bits per heavy atom. The Bertz CT molecular complexity index is 642. The highest BCUT2D eigenvalue weighted by Gasteiger charge is 2.57. The number of rotatable bonds is 7. The Hall–Kier alpha value is -1.59. The first-order chi connectivity index (χ1) is 13.8. The summed E-state index contributed by atoms with van der Waals surface area (Å²) in [7, 11) is 0. The molecule has 1 aliphatic heterocycles. The van der Waals surface area contributed by atoms with Crippen molar-refractivity contribution < 1.29 is 28.6 Å². The van der Waals surface area contributed by atoms with Crippen LogP contribution in [0.25, 0.3) is 0 Å². The lowest BCUT2D eigenvalue weighted by atomic mass is 9.50. The van der Waals surface area contributed by atoms with E-state index in [1.165, 1.54) is 32.1 Å². The molecule has 4 aliphatic carbocycles. The van der Waals surface area contributed by atoms with Crippen LogP contribution in [-0.4, -0.2) is 36.2 Å². The fourth-order valence-corrected chi connectivity index (χ4v) is 6.39. The van der Waals surface area contributed by atoms with Gasteiger partial charge in [-0.25, -0.2) is 0 Å². The Kier molecular flexibility index (Phi) is 5.64. The number of esters is 3. The van der Waals surface area contributed by atoms with Crippen molar-refractivity contribution in [3.8, 4) is 0 Å². The van der Waals surface area contributed by atoms with Gasteiger partial charge in [-0.3, -0.25) is 14.4 Å². The first-order valence-electron chi connectivity index (χ1n) is 11.4. The molecule has 6 nitrogen and oxygen atoms in total. The standard InChI is InChI=1S/C23H34O6/c1-4-16(5-13(2)21(25)28-19-11-20(24)27-12-19)22(26)29-23(3)17-7-14-6-15(9-17)10-18(23)8-14/h13-19H,4-12H2,1-3H3. The maximum Gasteiger partial charge on any atom is 0.309 e. The van der Waals surface area contributed by atoms with Crippen LogP contribution in [0.3, 0.4) is 0 Å². The molecular formula is C23H34O6. The van der Waals surface area contributed by atoms with Crippen LogP contribution in [0.1, 0.15) is 72.1 Å². The topological polar surface area (TPSA) is 78.9 Å². The van der Waals surface area contributed by atoms with Gasteiger partial charge in [-0.15, -0.1) is 0 Å². The zero-order chi connectivity index (χ0) is 20.8. The molecule has 4 saturated carbocycles. The zero-order valence-corrected chi connectivity index (χ0v) is 17.9. The molecule has 0 aromatic heterocycles. The Labute approximate surface area is 173 Å². The van der Waals surface area contributed by atoms with E-state index in [0.29, 0.717) is 24.7 Å². The molecule has 0 aromatic rings. The third-order valence-electron chi connectivity index (χ3n) is 8.05. The molecule has 0 aromatic carbocycles. The molecule has 3 unspecified atom stereocenters. The number of hydrogen-bond donors (Lipinski definition) is 0. The van der Waals surface area contributed by atoms with E-state index >= 15 is 0 Å². The van der Waals surface area contributed by atoms with Gasteiger partial charge in [0.2, 0.25) is 0 Å². The van der Waals surface area contributed by atoms with Gasteiger partial charge in [0, 0.05) is 0 Å². The largest absolute Gasteiger partial charge is 0.462 e. The number of carbonyl (C=O) groups excluding carboxylic acids is 3. The minimum absolute atomic E-state index is 0.112. The maximum atomic E-state index is 13.1. The quantitative estimate of drug-likeness (QED) is 0.474. The maximum absolute atomic E-state index is 13.1. The van der Waals surface area contributed by atoms with Crippen LogP contribution >= 0.6 is 0 Å². The average molecular weight is 407 g/mol. The lowest BCUT2D eigenvalue weighted by Crippen LogP contribution is -2.58. The molecule has 5 aliphatic rings. The molecule has 29 heavy (non-hydrogen) atoms. The van der Waals surface area contributed by atoms with Crippen LogP contribution < -0.4 is 0 Å². The van der Waals surface area contributed by atoms with Crippen molar-refractivity contribution in [1.82, 2.24) is 0 Å². The van der Waals surface area contributed by atoms with E-state index in [1.54, 1.807) is 6.92 Å². The molecule has 5 rings (SSSR count). The van der Waals surface area contributed by atoms with Crippen LogP contribution in [0.15, 0.2) is 0 Å². The van der Waals surface area contributed by atoms with Gasteiger partial charge in [0.25, 0.3) is 0 Å². The SMILES string of the molecule is CCC(CC(C)C(=O)OC1COC(=O)C1)C(=O)OC1(C)C2CC3CC(C2)CC1C3. The van der Waals surface area contributed by atoms with E-state index in [0.717, 1.165) is 11.8 Å². The fraction of sp³-hybridized carbons (Fsp3) is 0.870. The normalized spacial score (nSPS) is 39.7. The molecule has 1 saturated heterocycles. The van der Waals surface area contributed by atoms with E-state index in [9.17, 15) is 14.4 Å². The van der Waals surface area contributed by atoms with E-state index in [2.05, 4.69) is 6.92 Å². The second kappa shape index (κ2) is 7.92. The number of cyclic esters (lactones) is 1. The Balaban J connectivity index is 1.33. The van der Waals surface area contributed by atoms with E-state index < -0.39 is 12.0 Å². The van der Waals surface area contributed by atoms with Crippen molar-refractivity contribution in [1.29, 1.82) is 0 Å². The van der Waals surface area contributed by atoms with Crippen LogP contribution in [-0.2, 0) is 28.6 Å². The van der Waals surface area contributed by atoms with Crippen molar-refractivity contribution in [3.05, 3.63) is 0 Å². The molecule has 0 spiro atoms. The van der Waals surface area contributed by atoms with Crippen molar-refractivity contribution >= 4 is 17.9 Å². The zero-order valence-electron chi connectivity index (χ0n) is 17.9. The molecule has 5 fully saturated rings. The molecule has 0 radical (unpaired) electrons. The minimum atomic E-state index is -0.503. The van der Waals surface area contributed by atoms with Gasteiger partial charge in [-0.2, -0.15) is 0 Å². The van der Waals surface area contributed by atoms with Gasteiger partial charge in [0.05, 0.1) is 18.3 Å². The van der Waals surface area contributed by atoms with E-state index in [4.69, 9.17) is 14.2 Å². The third kappa shape index (κ3) is 4.04.